The topological polar surface area (TPSA) is 75.7 Å². The number of methoxy groups -OCH3 is 1. The lowest BCUT2D eigenvalue weighted by atomic mass is 10.1. The molecule has 0 radical (unpaired) electrons. The standard InChI is InChI=1S/C19H20N2O4S/c1-25-16(13-8-10-26-12-13)11-20-17(22)7-4-9-21-18(23)14-5-2-3-6-15(14)19(21)24/h2-3,5-6,8,10,12,16H,4,7,9,11H2,1H3,(H,20,22). The highest BCUT2D eigenvalue weighted by atomic mass is 32.1. The molecule has 3 rings (SSSR count). The normalized spacial score (nSPS) is 14.4. The molecule has 0 bridgehead atoms. The Balaban J connectivity index is 1.44. The van der Waals surface area contributed by atoms with Crippen molar-refractivity contribution in [2.24, 2.45) is 0 Å². The molecule has 1 N–H and O–H groups in total. The van der Waals surface area contributed by atoms with E-state index in [1.165, 1.54) is 4.90 Å². The first kappa shape index (κ1) is 18.3. The first-order valence-corrected chi connectivity index (χ1v) is 9.33. The second kappa shape index (κ2) is 8.25. The summed E-state index contributed by atoms with van der Waals surface area (Å²) in [7, 11) is 1.61. The number of ether oxygens (including phenoxy) is 1. The second-order valence-corrected chi connectivity index (χ2v) is 6.78. The molecule has 0 saturated heterocycles. The molecule has 0 saturated carbocycles. The molecule has 2 heterocycles. The number of nitrogens with one attached hydrogen (secondary N) is 1. The molecule has 1 aromatic carbocycles. The van der Waals surface area contributed by atoms with Crippen LogP contribution in [0.2, 0.25) is 0 Å². The Labute approximate surface area is 155 Å². The molecule has 7 heteroatoms. The van der Waals surface area contributed by atoms with Crippen molar-refractivity contribution in [1.29, 1.82) is 0 Å². The van der Waals surface area contributed by atoms with Crippen LogP contribution in [-0.4, -0.2) is 42.8 Å². The van der Waals surface area contributed by atoms with E-state index in [9.17, 15) is 14.4 Å². The molecule has 1 unspecified atom stereocenters. The van der Waals surface area contributed by atoms with Gasteiger partial charge in [-0.25, -0.2) is 0 Å². The maximum Gasteiger partial charge on any atom is 0.261 e. The third-order valence-electron chi connectivity index (χ3n) is 4.35. The third-order valence-corrected chi connectivity index (χ3v) is 5.05. The summed E-state index contributed by atoms with van der Waals surface area (Å²) in [5, 5.41) is 6.79. The molecule has 0 fully saturated rings. The van der Waals surface area contributed by atoms with Gasteiger partial charge in [0.05, 0.1) is 11.1 Å². The fraction of sp³-hybridized carbons (Fsp3) is 0.316. The number of thiophene rings is 1. The van der Waals surface area contributed by atoms with Crippen molar-refractivity contribution in [3.63, 3.8) is 0 Å². The Morgan fingerprint density at radius 2 is 1.88 bits per heavy atom. The van der Waals surface area contributed by atoms with Crippen LogP contribution in [0.15, 0.2) is 41.1 Å². The maximum atomic E-state index is 12.3. The number of hydrogen-bond donors (Lipinski definition) is 1. The fourth-order valence-corrected chi connectivity index (χ4v) is 3.63. The lowest BCUT2D eigenvalue weighted by Crippen LogP contribution is -2.33. The largest absolute Gasteiger partial charge is 0.375 e. The number of carbonyl (C=O) groups is 3. The lowest BCUT2D eigenvalue weighted by Gasteiger charge is -2.16. The van der Waals surface area contributed by atoms with Crippen molar-refractivity contribution >= 4 is 29.1 Å². The number of imide groups is 1. The van der Waals surface area contributed by atoms with Crippen LogP contribution >= 0.6 is 11.3 Å². The van der Waals surface area contributed by atoms with Crippen molar-refractivity contribution < 1.29 is 19.1 Å². The average molecular weight is 372 g/mol. The van der Waals surface area contributed by atoms with E-state index in [4.69, 9.17) is 4.74 Å². The smallest absolute Gasteiger partial charge is 0.261 e. The van der Waals surface area contributed by atoms with Crippen molar-refractivity contribution in [2.75, 3.05) is 20.2 Å². The van der Waals surface area contributed by atoms with Crippen molar-refractivity contribution in [3.05, 3.63) is 57.8 Å². The summed E-state index contributed by atoms with van der Waals surface area (Å²) in [6.45, 7) is 0.622. The zero-order chi connectivity index (χ0) is 18.5. The van der Waals surface area contributed by atoms with Gasteiger partial charge in [-0.15, -0.1) is 0 Å². The first-order valence-electron chi connectivity index (χ1n) is 8.38. The van der Waals surface area contributed by atoms with Crippen LogP contribution in [0.25, 0.3) is 0 Å². The van der Waals surface area contributed by atoms with Gasteiger partial charge in [0.1, 0.15) is 6.10 Å². The van der Waals surface area contributed by atoms with Gasteiger partial charge in [0.2, 0.25) is 5.91 Å². The molecule has 1 aliphatic heterocycles. The van der Waals surface area contributed by atoms with Crippen LogP contribution in [0, 0.1) is 0 Å². The summed E-state index contributed by atoms with van der Waals surface area (Å²) in [5.41, 5.74) is 1.89. The highest BCUT2D eigenvalue weighted by Crippen LogP contribution is 2.22. The maximum absolute atomic E-state index is 12.3. The molecule has 1 aliphatic rings. The van der Waals surface area contributed by atoms with Crippen LogP contribution in [0.3, 0.4) is 0 Å². The van der Waals surface area contributed by atoms with Crippen LogP contribution in [0.1, 0.15) is 45.2 Å². The summed E-state index contributed by atoms with van der Waals surface area (Å²) in [5.74, 6) is -0.704. The monoisotopic (exact) mass is 372 g/mol. The van der Waals surface area contributed by atoms with Gasteiger partial charge in [-0.2, -0.15) is 11.3 Å². The highest BCUT2D eigenvalue weighted by molar-refractivity contribution is 7.07. The first-order chi connectivity index (χ1) is 12.6. The molecule has 0 aliphatic carbocycles. The summed E-state index contributed by atoms with van der Waals surface area (Å²) < 4.78 is 5.39. The van der Waals surface area contributed by atoms with E-state index >= 15 is 0 Å². The van der Waals surface area contributed by atoms with E-state index in [2.05, 4.69) is 5.32 Å². The summed E-state index contributed by atoms with van der Waals surface area (Å²) in [4.78, 5) is 37.8. The molecule has 136 valence electrons. The molecular weight excluding hydrogens is 352 g/mol. The number of benzene rings is 1. The van der Waals surface area contributed by atoms with Crippen molar-refractivity contribution in [3.8, 4) is 0 Å². The minimum atomic E-state index is -0.289. The number of hydrogen-bond acceptors (Lipinski definition) is 5. The van der Waals surface area contributed by atoms with Crippen molar-refractivity contribution in [2.45, 2.75) is 18.9 Å². The Kier molecular flexibility index (Phi) is 5.80. The van der Waals surface area contributed by atoms with Gasteiger partial charge in [0.15, 0.2) is 0 Å². The Bertz CT molecular complexity index is 769. The van der Waals surface area contributed by atoms with E-state index in [1.54, 1.807) is 42.7 Å². The summed E-state index contributed by atoms with van der Waals surface area (Å²) in [6.07, 6.45) is 0.488. The van der Waals surface area contributed by atoms with E-state index < -0.39 is 0 Å². The number of nitrogens with zero attached hydrogens (tertiary/aromatic N) is 1. The van der Waals surface area contributed by atoms with E-state index in [-0.39, 0.29) is 36.8 Å². The zero-order valence-electron chi connectivity index (χ0n) is 14.4. The minimum absolute atomic E-state index is 0.126. The third kappa shape index (κ3) is 3.84. The average Bonchev–Trinajstić information content (AvgIpc) is 3.26. The Morgan fingerprint density at radius 3 is 2.46 bits per heavy atom. The zero-order valence-corrected chi connectivity index (χ0v) is 15.3. The van der Waals surface area contributed by atoms with Crippen LogP contribution < -0.4 is 5.32 Å². The highest BCUT2D eigenvalue weighted by Gasteiger charge is 2.34. The van der Waals surface area contributed by atoms with Gasteiger partial charge >= 0.3 is 0 Å². The Hall–Kier alpha value is -2.51. The number of carbonyl (C=O) groups excluding carboxylic acids is 3. The van der Waals surface area contributed by atoms with E-state index in [0.29, 0.717) is 24.1 Å². The van der Waals surface area contributed by atoms with Gasteiger partial charge in [-0.3, -0.25) is 19.3 Å². The number of amides is 3. The fourth-order valence-electron chi connectivity index (χ4n) is 2.93. The Morgan fingerprint density at radius 1 is 1.19 bits per heavy atom. The van der Waals surface area contributed by atoms with E-state index in [0.717, 1.165) is 5.56 Å². The van der Waals surface area contributed by atoms with E-state index in [1.807, 2.05) is 16.8 Å². The lowest BCUT2D eigenvalue weighted by molar-refractivity contribution is -0.121. The predicted octanol–water partition coefficient (Wildman–Crippen LogP) is 2.63. The number of rotatable bonds is 8. The molecule has 1 aromatic heterocycles. The second-order valence-electron chi connectivity index (χ2n) is 6.00. The molecule has 2 aromatic rings. The number of fused-ring (bicyclic) bond motifs is 1. The molecule has 0 spiro atoms. The van der Waals surface area contributed by atoms with Crippen LogP contribution in [0.4, 0.5) is 0 Å². The molecule has 26 heavy (non-hydrogen) atoms. The van der Waals surface area contributed by atoms with Crippen LogP contribution in [-0.2, 0) is 9.53 Å². The molecule has 1 atom stereocenters. The molecule has 3 amide bonds. The van der Waals surface area contributed by atoms with Crippen molar-refractivity contribution in [1.82, 2.24) is 10.2 Å². The predicted molar refractivity (Wildman–Crippen MR) is 98.1 cm³/mol. The summed E-state index contributed by atoms with van der Waals surface area (Å²) >= 11 is 1.58. The molecule has 6 nitrogen and oxygen atoms in total. The summed E-state index contributed by atoms with van der Waals surface area (Å²) in [6, 6.07) is 8.74. The minimum Gasteiger partial charge on any atom is -0.375 e. The van der Waals surface area contributed by atoms with Gasteiger partial charge in [-0.05, 0) is 40.9 Å². The van der Waals surface area contributed by atoms with Gasteiger partial charge in [-0.1, -0.05) is 12.1 Å². The SMILES string of the molecule is COC(CNC(=O)CCCN1C(=O)c2ccccc2C1=O)c1ccsc1. The quantitative estimate of drug-likeness (QED) is 0.723. The van der Waals surface area contributed by atoms with Gasteiger partial charge in [0, 0.05) is 26.6 Å². The van der Waals surface area contributed by atoms with Gasteiger partial charge in [0.25, 0.3) is 11.8 Å². The van der Waals surface area contributed by atoms with Gasteiger partial charge < -0.3 is 10.1 Å². The van der Waals surface area contributed by atoms with Crippen LogP contribution in [0.5, 0.6) is 0 Å². The molecular formula is C19H20N2O4S.